The monoisotopic (exact) mass is 382 g/mol. The van der Waals surface area contributed by atoms with Gasteiger partial charge in [0, 0.05) is 11.8 Å². The molecule has 4 rings (SSSR count). The van der Waals surface area contributed by atoms with Gasteiger partial charge in [0.15, 0.2) is 5.78 Å². The van der Waals surface area contributed by atoms with Crippen LogP contribution in [0.5, 0.6) is 0 Å². The van der Waals surface area contributed by atoms with Crippen molar-refractivity contribution in [2.75, 3.05) is 7.11 Å². The van der Waals surface area contributed by atoms with Crippen LogP contribution in [0.2, 0.25) is 0 Å². The van der Waals surface area contributed by atoms with Crippen LogP contribution in [0.4, 0.5) is 0 Å². The minimum atomic E-state index is -0.409. The van der Waals surface area contributed by atoms with Crippen LogP contribution >= 0.6 is 0 Å². The molecule has 0 aromatic carbocycles. The van der Waals surface area contributed by atoms with Crippen molar-refractivity contribution in [3.05, 3.63) is 11.6 Å². The first-order valence-corrected chi connectivity index (χ1v) is 11.1. The number of ether oxygens (including phenoxy) is 1. The zero-order chi connectivity index (χ0) is 20.3. The van der Waals surface area contributed by atoms with Gasteiger partial charge < -0.3 is 4.74 Å². The molecule has 0 bridgehead atoms. The Hall–Kier alpha value is -1.56. The lowest BCUT2D eigenvalue weighted by atomic mass is 9.45. The largest absolute Gasteiger partial charge is 0.469 e. The van der Waals surface area contributed by atoms with Crippen molar-refractivity contribution in [3.63, 3.8) is 0 Å². The van der Waals surface area contributed by atoms with Crippen LogP contribution in [-0.2, 0) is 14.3 Å². The number of esters is 1. The third kappa shape index (κ3) is 2.49. The number of allylic oxidation sites excluding steroid dienone is 1. The van der Waals surface area contributed by atoms with Crippen molar-refractivity contribution in [3.8, 4) is 12.3 Å². The van der Waals surface area contributed by atoms with Crippen molar-refractivity contribution in [2.24, 2.45) is 46.3 Å². The fourth-order valence-electron chi connectivity index (χ4n) is 8.12. The Morgan fingerprint density at radius 2 is 2.07 bits per heavy atom. The zero-order valence-corrected chi connectivity index (χ0v) is 17.8. The summed E-state index contributed by atoms with van der Waals surface area (Å²) in [6.45, 7) is 6.71. The van der Waals surface area contributed by atoms with E-state index >= 15 is 0 Å². The van der Waals surface area contributed by atoms with E-state index in [4.69, 9.17) is 11.2 Å². The highest BCUT2D eigenvalue weighted by molar-refractivity contribution is 5.91. The first-order valence-electron chi connectivity index (χ1n) is 11.1. The molecule has 0 spiro atoms. The molecule has 3 nitrogen and oxygen atoms in total. The number of methoxy groups -OCH3 is 1. The highest BCUT2D eigenvalue weighted by atomic mass is 16.5. The Kier molecular flexibility index (Phi) is 4.76. The van der Waals surface area contributed by atoms with Gasteiger partial charge in [0.05, 0.1) is 13.0 Å². The standard InChI is InChI=1S/C25H34O3/c1-6-25(16(3)23(27)28-5)12-10-21-22-15(2)13-17-14-18(26)7-8-19(17)20(22)9-11-24(21,25)4/h1,14-16,19-22H,7-13H2,2-5H3/t15-,16?,19?,20?,21?,22?,24+,25+/m1/s1. The molecule has 0 aromatic heterocycles. The van der Waals surface area contributed by atoms with Gasteiger partial charge in [-0.3, -0.25) is 9.59 Å². The third-order valence-corrected chi connectivity index (χ3v) is 9.45. The molecule has 3 fully saturated rings. The number of hydrogen-bond donors (Lipinski definition) is 0. The smallest absolute Gasteiger partial charge is 0.309 e. The van der Waals surface area contributed by atoms with Gasteiger partial charge in [0.2, 0.25) is 0 Å². The predicted octanol–water partition coefficient (Wildman–Crippen LogP) is 4.80. The van der Waals surface area contributed by atoms with Crippen LogP contribution in [-0.4, -0.2) is 18.9 Å². The molecular formula is C25H34O3. The lowest BCUT2D eigenvalue weighted by Crippen LogP contribution is -2.54. The fourth-order valence-corrected chi connectivity index (χ4v) is 8.12. The van der Waals surface area contributed by atoms with Gasteiger partial charge in [-0.05, 0) is 79.6 Å². The van der Waals surface area contributed by atoms with Crippen molar-refractivity contribution in [2.45, 2.75) is 65.7 Å². The van der Waals surface area contributed by atoms with Crippen molar-refractivity contribution < 1.29 is 14.3 Å². The second kappa shape index (κ2) is 6.75. The summed E-state index contributed by atoms with van der Waals surface area (Å²) in [7, 11) is 1.47. The normalized spacial score (nSPS) is 45.8. The Bertz CT molecular complexity index is 758. The lowest BCUT2D eigenvalue weighted by Gasteiger charge is -2.58. The Labute approximate surface area is 169 Å². The van der Waals surface area contributed by atoms with E-state index in [9.17, 15) is 9.59 Å². The first-order chi connectivity index (χ1) is 13.3. The number of fused-ring (bicyclic) bond motifs is 5. The number of terminal acetylenes is 1. The minimum Gasteiger partial charge on any atom is -0.469 e. The third-order valence-electron chi connectivity index (χ3n) is 9.45. The van der Waals surface area contributed by atoms with Gasteiger partial charge in [-0.2, -0.15) is 0 Å². The second-order valence-electron chi connectivity index (χ2n) is 10.2. The molecule has 3 saturated carbocycles. The van der Waals surface area contributed by atoms with Gasteiger partial charge in [0.25, 0.3) is 0 Å². The molecule has 0 heterocycles. The van der Waals surface area contributed by atoms with E-state index < -0.39 is 5.41 Å². The highest BCUT2D eigenvalue weighted by Gasteiger charge is 2.65. The van der Waals surface area contributed by atoms with Gasteiger partial charge in [0.1, 0.15) is 0 Å². The molecule has 0 saturated heterocycles. The van der Waals surface area contributed by atoms with Gasteiger partial charge in [-0.15, -0.1) is 6.42 Å². The topological polar surface area (TPSA) is 43.4 Å². The molecule has 5 unspecified atom stereocenters. The maximum Gasteiger partial charge on any atom is 0.309 e. The summed E-state index contributed by atoms with van der Waals surface area (Å²) < 4.78 is 5.11. The second-order valence-corrected chi connectivity index (χ2v) is 10.2. The maximum atomic E-state index is 12.5. The Morgan fingerprint density at radius 1 is 1.32 bits per heavy atom. The molecule has 152 valence electrons. The van der Waals surface area contributed by atoms with Gasteiger partial charge in [-0.1, -0.05) is 32.3 Å². The maximum absolute atomic E-state index is 12.5. The van der Waals surface area contributed by atoms with Gasteiger partial charge in [-0.25, -0.2) is 0 Å². The average Bonchev–Trinajstić information content (AvgIpc) is 2.99. The number of carbonyl (C=O) groups excluding carboxylic acids is 2. The lowest BCUT2D eigenvalue weighted by molar-refractivity contribution is -0.153. The molecule has 0 amide bonds. The highest BCUT2D eigenvalue weighted by Crippen LogP contribution is 2.70. The number of carbonyl (C=O) groups is 2. The molecular weight excluding hydrogens is 348 g/mol. The van der Waals surface area contributed by atoms with Crippen LogP contribution in [0.3, 0.4) is 0 Å². The Balaban J connectivity index is 1.70. The SMILES string of the molecule is C#C[C@@]1(C(C)C(=O)OC)CCC2C3C(CC[C@@]21C)C1CCC(=O)C=C1C[C@H]3C. The molecule has 0 aliphatic heterocycles. The summed E-state index contributed by atoms with van der Waals surface area (Å²) in [5, 5.41) is 0. The summed E-state index contributed by atoms with van der Waals surface area (Å²) in [6.07, 6.45) is 15.2. The summed E-state index contributed by atoms with van der Waals surface area (Å²) in [5.74, 6) is 6.06. The van der Waals surface area contributed by atoms with E-state index in [2.05, 4.69) is 19.8 Å². The molecule has 0 radical (unpaired) electrons. The zero-order valence-electron chi connectivity index (χ0n) is 17.8. The van der Waals surface area contributed by atoms with Crippen LogP contribution in [0.25, 0.3) is 0 Å². The van der Waals surface area contributed by atoms with Crippen LogP contribution in [0.1, 0.15) is 65.7 Å². The molecule has 3 heteroatoms. The predicted molar refractivity (Wildman–Crippen MR) is 109 cm³/mol. The van der Waals surface area contributed by atoms with E-state index in [1.165, 1.54) is 12.7 Å². The van der Waals surface area contributed by atoms with Crippen molar-refractivity contribution in [1.29, 1.82) is 0 Å². The van der Waals surface area contributed by atoms with E-state index in [1.54, 1.807) is 0 Å². The Morgan fingerprint density at radius 3 is 2.75 bits per heavy atom. The number of hydrogen-bond acceptors (Lipinski definition) is 3. The van der Waals surface area contributed by atoms with Crippen LogP contribution in [0.15, 0.2) is 11.6 Å². The molecule has 8 atom stereocenters. The van der Waals surface area contributed by atoms with Crippen LogP contribution in [0, 0.1) is 58.7 Å². The van der Waals surface area contributed by atoms with E-state index in [0.29, 0.717) is 41.8 Å². The summed E-state index contributed by atoms with van der Waals surface area (Å²) in [4.78, 5) is 24.5. The van der Waals surface area contributed by atoms with E-state index in [0.717, 1.165) is 38.5 Å². The number of ketones is 1. The summed E-state index contributed by atoms with van der Waals surface area (Å²) in [5.41, 5.74) is 0.989. The van der Waals surface area contributed by atoms with Crippen LogP contribution < -0.4 is 0 Å². The average molecular weight is 383 g/mol. The number of rotatable bonds is 2. The fraction of sp³-hybridized carbons (Fsp3) is 0.760. The van der Waals surface area contributed by atoms with Crippen molar-refractivity contribution in [1.82, 2.24) is 0 Å². The molecule has 0 aromatic rings. The molecule has 0 N–H and O–H groups in total. The minimum absolute atomic E-state index is 0.0174. The molecule has 28 heavy (non-hydrogen) atoms. The molecule has 4 aliphatic carbocycles. The quantitative estimate of drug-likeness (QED) is 0.509. The van der Waals surface area contributed by atoms with Gasteiger partial charge >= 0.3 is 5.97 Å². The summed E-state index contributed by atoms with van der Waals surface area (Å²) in [6, 6.07) is 0. The van der Waals surface area contributed by atoms with E-state index in [1.807, 2.05) is 13.0 Å². The first kappa shape index (κ1) is 19.7. The van der Waals surface area contributed by atoms with E-state index in [-0.39, 0.29) is 17.3 Å². The van der Waals surface area contributed by atoms with Crippen molar-refractivity contribution >= 4 is 11.8 Å². The summed E-state index contributed by atoms with van der Waals surface area (Å²) >= 11 is 0. The molecule has 4 aliphatic rings.